The SMILES string of the molecule is COc1cc2cc[c]nc2c(OC)c1OC. The molecule has 0 N–H and O–H groups in total. The van der Waals surface area contributed by atoms with Crippen molar-refractivity contribution >= 4 is 10.9 Å². The maximum Gasteiger partial charge on any atom is 0.205 e. The average Bonchev–Trinajstić information content (AvgIpc) is 2.36. The molecule has 1 aromatic carbocycles. The van der Waals surface area contributed by atoms with Crippen LogP contribution >= 0.6 is 0 Å². The Morgan fingerprint density at radius 2 is 1.81 bits per heavy atom. The predicted octanol–water partition coefficient (Wildman–Crippen LogP) is 2.06. The van der Waals surface area contributed by atoms with E-state index in [4.69, 9.17) is 14.2 Å². The largest absolute Gasteiger partial charge is 0.493 e. The smallest absolute Gasteiger partial charge is 0.205 e. The zero-order valence-corrected chi connectivity index (χ0v) is 9.40. The Kier molecular flexibility index (Phi) is 2.81. The highest BCUT2D eigenvalue weighted by molar-refractivity contribution is 5.89. The summed E-state index contributed by atoms with van der Waals surface area (Å²) >= 11 is 0. The molecule has 0 saturated heterocycles. The van der Waals surface area contributed by atoms with Crippen LogP contribution in [0.4, 0.5) is 0 Å². The zero-order chi connectivity index (χ0) is 11.5. The highest BCUT2D eigenvalue weighted by Crippen LogP contribution is 2.42. The van der Waals surface area contributed by atoms with Crippen molar-refractivity contribution in [2.75, 3.05) is 21.3 Å². The fourth-order valence-corrected chi connectivity index (χ4v) is 1.63. The molecule has 0 amide bonds. The molecule has 83 valence electrons. The van der Waals surface area contributed by atoms with Gasteiger partial charge in [-0.3, -0.25) is 0 Å². The van der Waals surface area contributed by atoms with E-state index in [-0.39, 0.29) is 0 Å². The number of aromatic nitrogens is 1. The van der Waals surface area contributed by atoms with Gasteiger partial charge in [-0.1, -0.05) is 6.07 Å². The summed E-state index contributed by atoms with van der Waals surface area (Å²) in [6.07, 6.45) is 2.77. The highest BCUT2D eigenvalue weighted by atomic mass is 16.5. The molecule has 2 aromatic rings. The minimum Gasteiger partial charge on any atom is -0.493 e. The minimum absolute atomic E-state index is 0.546. The highest BCUT2D eigenvalue weighted by Gasteiger charge is 2.16. The average molecular weight is 218 g/mol. The van der Waals surface area contributed by atoms with Crippen LogP contribution < -0.4 is 14.2 Å². The van der Waals surface area contributed by atoms with Crippen LogP contribution in [0.25, 0.3) is 10.9 Å². The van der Waals surface area contributed by atoms with E-state index >= 15 is 0 Å². The fraction of sp³-hybridized carbons (Fsp3) is 0.250. The number of methoxy groups -OCH3 is 3. The molecular formula is C12H12NO3. The zero-order valence-electron chi connectivity index (χ0n) is 9.40. The van der Waals surface area contributed by atoms with Crippen molar-refractivity contribution < 1.29 is 14.2 Å². The molecule has 0 fully saturated rings. The van der Waals surface area contributed by atoms with Crippen LogP contribution in [0, 0.1) is 6.20 Å². The van der Waals surface area contributed by atoms with Gasteiger partial charge in [-0.25, -0.2) is 4.98 Å². The molecule has 1 heterocycles. The van der Waals surface area contributed by atoms with Crippen molar-refractivity contribution in [3.8, 4) is 17.2 Å². The van der Waals surface area contributed by atoms with Gasteiger partial charge < -0.3 is 14.2 Å². The van der Waals surface area contributed by atoms with Crippen LogP contribution in [0.1, 0.15) is 0 Å². The molecule has 0 saturated carbocycles. The molecule has 0 aliphatic heterocycles. The van der Waals surface area contributed by atoms with Gasteiger partial charge in [0.15, 0.2) is 11.5 Å². The molecule has 1 radical (unpaired) electrons. The van der Waals surface area contributed by atoms with E-state index < -0.39 is 0 Å². The van der Waals surface area contributed by atoms with Crippen molar-refractivity contribution in [2.45, 2.75) is 0 Å². The monoisotopic (exact) mass is 218 g/mol. The summed E-state index contributed by atoms with van der Waals surface area (Å²) in [5.74, 6) is 1.73. The van der Waals surface area contributed by atoms with Crippen molar-refractivity contribution in [3.05, 3.63) is 24.4 Å². The van der Waals surface area contributed by atoms with E-state index in [0.29, 0.717) is 22.8 Å². The molecular weight excluding hydrogens is 206 g/mol. The van der Waals surface area contributed by atoms with E-state index in [1.807, 2.05) is 12.1 Å². The molecule has 1 aromatic heterocycles. The molecule has 4 nitrogen and oxygen atoms in total. The van der Waals surface area contributed by atoms with Crippen molar-refractivity contribution in [2.24, 2.45) is 0 Å². The summed E-state index contributed by atoms with van der Waals surface area (Å²) in [7, 11) is 4.73. The molecule has 0 aliphatic carbocycles. The van der Waals surface area contributed by atoms with E-state index in [0.717, 1.165) is 5.39 Å². The third-order valence-corrected chi connectivity index (χ3v) is 2.35. The summed E-state index contributed by atoms with van der Waals surface area (Å²) in [6, 6.07) is 5.50. The first-order valence-corrected chi connectivity index (χ1v) is 4.77. The van der Waals surface area contributed by atoms with Crippen LogP contribution in [-0.2, 0) is 0 Å². The van der Waals surface area contributed by atoms with Crippen LogP contribution in [-0.4, -0.2) is 26.3 Å². The van der Waals surface area contributed by atoms with Gasteiger partial charge in [-0.05, 0) is 12.1 Å². The lowest BCUT2D eigenvalue weighted by molar-refractivity contribution is 0.327. The molecule has 0 bridgehead atoms. The second-order valence-corrected chi connectivity index (χ2v) is 3.16. The Labute approximate surface area is 93.8 Å². The lowest BCUT2D eigenvalue weighted by atomic mass is 10.2. The first-order valence-electron chi connectivity index (χ1n) is 4.77. The number of fused-ring (bicyclic) bond motifs is 1. The maximum absolute atomic E-state index is 5.30. The summed E-state index contributed by atoms with van der Waals surface area (Å²) in [6.45, 7) is 0. The molecule has 0 unspecified atom stereocenters. The lowest BCUT2D eigenvalue weighted by Gasteiger charge is -2.13. The first-order chi connectivity index (χ1) is 7.81. The summed E-state index contributed by atoms with van der Waals surface area (Å²) in [4.78, 5) is 4.15. The number of ether oxygens (including phenoxy) is 3. The fourth-order valence-electron chi connectivity index (χ4n) is 1.63. The molecule has 0 spiro atoms. The third-order valence-electron chi connectivity index (χ3n) is 2.35. The van der Waals surface area contributed by atoms with Crippen molar-refractivity contribution in [1.82, 2.24) is 4.98 Å². The lowest BCUT2D eigenvalue weighted by Crippen LogP contribution is -1.96. The standard InChI is InChI=1S/C12H12NO3/c1-14-9-7-8-5-4-6-13-10(8)12(16-3)11(9)15-2/h4-5,7H,1-3H3. The van der Waals surface area contributed by atoms with Crippen molar-refractivity contribution in [1.29, 1.82) is 0 Å². The van der Waals surface area contributed by atoms with Gasteiger partial charge >= 0.3 is 0 Å². The Bertz CT molecular complexity index is 511. The van der Waals surface area contributed by atoms with Gasteiger partial charge in [0.25, 0.3) is 0 Å². The van der Waals surface area contributed by atoms with Gasteiger partial charge in [0.05, 0.1) is 27.5 Å². The van der Waals surface area contributed by atoms with E-state index in [1.54, 1.807) is 27.4 Å². The number of hydrogen-bond acceptors (Lipinski definition) is 4. The number of pyridine rings is 1. The summed E-state index contributed by atoms with van der Waals surface area (Å²) < 4.78 is 15.8. The summed E-state index contributed by atoms with van der Waals surface area (Å²) in [5.41, 5.74) is 0.711. The van der Waals surface area contributed by atoms with Gasteiger partial charge in [-0.15, -0.1) is 0 Å². The quantitative estimate of drug-likeness (QED) is 0.790. The van der Waals surface area contributed by atoms with Crippen LogP contribution in [0.5, 0.6) is 17.2 Å². The Balaban J connectivity index is 2.82. The van der Waals surface area contributed by atoms with E-state index in [9.17, 15) is 0 Å². The number of nitrogens with zero attached hydrogens (tertiary/aromatic N) is 1. The van der Waals surface area contributed by atoms with Crippen molar-refractivity contribution in [3.63, 3.8) is 0 Å². The van der Waals surface area contributed by atoms with E-state index in [2.05, 4.69) is 11.2 Å². The number of benzene rings is 1. The molecule has 4 heteroatoms. The van der Waals surface area contributed by atoms with Crippen LogP contribution in [0.2, 0.25) is 0 Å². The van der Waals surface area contributed by atoms with E-state index in [1.165, 1.54) is 0 Å². The Hall–Kier alpha value is -1.97. The number of hydrogen-bond donors (Lipinski definition) is 0. The van der Waals surface area contributed by atoms with Crippen LogP contribution in [0.15, 0.2) is 18.2 Å². The van der Waals surface area contributed by atoms with Gasteiger partial charge in [-0.2, -0.15) is 0 Å². The second kappa shape index (κ2) is 4.26. The number of rotatable bonds is 3. The molecule has 0 aliphatic rings. The van der Waals surface area contributed by atoms with Gasteiger partial charge in [0.2, 0.25) is 5.75 Å². The van der Waals surface area contributed by atoms with Crippen LogP contribution in [0.3, 0.4) is 0 Å². The first kappa shape index (κ1) is 10.5. The topological polar surface area (TPSA) is 40.6 Å². The van der Waals surface area contributed by atoms with Gasteiger partial charge in [0.1, 0.15) is 5.52 Å². The normalized spacial score (nSPS) is 10.2. The van der Waals surface area contributed by atoms with Gasteiger partial charge in [0, 0.05) is 5.39 Å². The third kappa shape index (κ3) is 1.52. The second-order valence-electron chi connectivity index (χ2n) is 3.16. The Morgan fingerprint density at radius 1 is 1.06 bits per heavy atom. The predicted molar refractivity (Wildman–Crippen MR) is 60.2 cm³/mol. The maximum atomic E-state index is 5.30. The summed E-state index contributed by atoms with van der Waals surface area (Å²) in [5, 5.41) is 0.924. The Morgan fingerprint density at radius 3 is 2.44 bits per heavy atom. The minimum atomic E-state index is 0.546. The molecule has 0 atom stereocenters. The molecule has 2 rings (SSSR count). The molecule has 16 heavy (non-hydrogen) atoms.